The van der Waals surface area contributed by atoms with Gasteiger partial charge in [-0.1, -0.05) is 0 Å². The Labute approximate surface area is 182 Å². The lowest BCUT2D eigenvalue weighted by molar-refractivity contribution is -0.0501. The molecule has 1 aromatic rings. The van der Waals surface area contributed by atoms with Crippen molar-refractivity contribution in [2.75, 3.05) is 19.8 Å². The molecule has 3 N–H and O–H groups in total. The maximum atomic E-state index is 12.7. The average Bonchev–Trinajstić information content (AvgIpc) is 3.00. The number of hydrogen-bond acceptors (Lipinski definition) is 9. The van der Waals surface area contributed by atoms with Gasteiger partial charge in [-0.3, -0.25) is 4.79 Å². The fraction of sp³-hybridized carbons (Fsp3) is 0.471. The van der Waals surface area contributed by atoms with Gasteiger partial charge < -0.3 is 20.7 Å². The van der Waals surface area contributed by atoms with E-state index in [1.165, 1.54) is 24.9 Å². The number of ether oxygens (including phenoxy) is 1. The summed E-state index contributed by atoms with van der Waals surface area (Å²) in [5, 5.41) is 3.94. The molecule has 31 heavy (non-hydrogen) atoms. The van der Waals surface area contributed by atoms with Crippen LogP contribution >= 0.6 is 11.8 Å². The van der Waals surface area contributed by atoms with Crippen LogP contribution in [0.4, 0.5) is 8.78 Å². The Bertz CT molecular complexity index is 1060. The first kappa shape index (κ1) is 23.1. The SMILES string of the molecule is Cc1cc(OC(F)F)cnc1C(=O)NC1=CSC([C@]2(C)CS(=O)(=O)N(C)C(N)=N2)N1C. The summed E-state index contributed by atoms with van der Waals surface area (Å²) in [5.41, 5.74) is 5.15. The highest BCUT2D eigenvalue weighted by molar-refractivity contribution is 8.03. The summed E-state index contributed by atoms with van der Waals surface area (Å²) in [6, 6.07) is 1.29. The Morgan fingerprint density at radius 3 is 2.71 bits per heavy atom. The van der Waals surface area contributed by atoms with Crippen LogP contribution in [0, 0.1) is 6.92 Å². The van der Waals surface area contributed by atoms with Crippen LogP contribution in [0.2, 0.25) is 0 Å². The molecule has 1 amide bonds. The number of pyridine rings is 1. The van der Waals surface area contributed by atoms with Crippen LogP contribution in [0.15, 0.2) is 28.5 Å². The number of hydrogen-bond donors (Lipinski definition) is 2. The number of nitrogens with zero attached hydrogens (tertiary/aromatic N) is 4. The number of nitrogens with two attached hydrogens (primary N) is 1. The first-order chi connectivity index (χ1) is 14.3. The molecular weight excluding hydrogens is 454 g/mol. The highest BCUT2D eigenvalue weighted by atomic mass is 32.2. The van der Waals surface area contributed by atoms with E-state index < -0.39 is 33.5 Å². The Hall–Kier alpha value is -2.61. The molecule has 0 aromatic carbocycles. The summed E-state index contributed by atoms with van der Waals surface area (Å²) in [5.74, 6) is -0.638. The van der Waals surface area contributed by atoms with E-state index in [-0.39, 0.29) is 23.2 Å². The van der Waals surface area contributed by atoms with Crippen molar-refractivity contribution in [3.8, 4) is 5.75 Å². The number of halogens is 2. The highest BCUT2D eigenvalue weighted by Gasteiger charge is 2.48. The summed E-state index contributed by atoms with van der Waals surface area (Å²) in [6.45, 7) is 0.241. The van der Waals surface area contributed by atoms with Crippen LogP contribution in [-0.2, 0) is 10.0 Å². The van der Waals surface area contributed by atoms with Crippen molar-refractivity contribution >= 4 is 33.7 Å². The van der Waals surface area contributed by atoms with Gasteiger partial charge in [0, 0.05) is 19.5 Å². The lowest BCUT2D eigenvalue weighted by Gasteiger charge is -2.40. The van der Waals surface area contributed by atoms with Crippen molar-refractivity contribution < 1.29 is 26.7 Å². The number of aliphatic imine (C=N–C) groups is 1. The Balaban J connectivity index is 1.75. The molecule has 0 spiro atoms. The van der Waals surface area contributed by atoms with E-state index in [0.29, 0.717) is 11.4 Å². The number of aromatic nitrogens is 1. The van der Waals surface area contributed by atoms with Crippen LogP contribution in [0.25, 0.3) is 0 Å². The van der Waals surface area contributed by atoms with Crippen LogP contribution in [0.5, 0.6) is 5.75 Å². The molecule has 0 saturated carbocycles. The molecule has 0 saturated heterocycles. The standard InChI is InChI=1S/C17H22F2N6O4S2/c1-9-5-10(29-15(18)19)6-21-12(9)13(26)22-11-7-30-14(24(11)3)17(2)8-31(27,28)25(4)16(20)23-17/h5-7,14-15H,8H2,1-4H3,(H2,20,23)(H,22,26)/t14?,17-/m0/s1. The molecular formula is C17H22F2N6O4S2. The Morgan fingerprint density at radius 2 is 2.13 bits per heavy atom. The maximum absolute atomic E-state index is 12.7. The highest BCUT2D eigenvalue weighted by Crippen LogP contribution is 2.40. The summed E-state index contributed by atoms with van der Waals surface area (Å²) < 4.78 is 54.8. The Morgan fingerprint density at radius 1 is 1.45 bits per heavy atom. The molecule has 1 aromatic heterocycles. The van der Waals surface area contributed by atoms with Gasteiger partial charge in [-0.2, -0.15) is 8.78 Å². The number of alkyl halides is 2. The molecule has 170 valence electrons. The molecule has 0 radical (unpaired) electrons. The van der Waals surface area contributed by atoms with Crippen molar-refractivity contribution in [1.82, 2.24) is 19.5 Å². The number of sulfonamides is 1. The predicted octanol–water partition coefficient (Wildman–Crippen LogP) is 0.873. The molecule has 2 atom stereocenters. The van der Waals surface area contributed by atoms with Crippen molar-refractivity contribution in [2.24, 2.45) is 10.7 Å². The van der Waals surface area contributed by atoms with Gasteiger partial charge in [0.15, 0.2) is 0 Å². The molecule has 2 aliphatic rings. The number of rotatable bonds is 5. The fourth-order valence-corrected chi connectivity index (χ4v) is 6.13. The third kappa shape index (κ3) is 4.54. The molecule has 2 aliphatic heterocycles. The monoisotopic (exact) mass is 476 g/mol. The number of nitrogens with one attached hydrogen (secondary N) is 1. The zero-order chi connectivity index (χ0) is 23.1. The van der Waals surface area contributed by atoms with E-state index in [9.17, 15) is 22.0 Å². The van der Waals surface area contributed by atoms with Crippen LogP contribution in [0.3, 0.4) is 0 Å². The van der Waals surface area contributed by atoms with Crippen molar-refractivity contribution in [1.29, 1.82) is 0 Å². The average molecular weight is 477 g/mol. The third-order valence-corrected chi connectivity index (χ3v) is 8.30. The number of carbonyl (C=O) groups is 1. The quantitative estimate of drug-likeness (QED) is 0.640. The van der Waals surface area contributed by atoms with Gasteiger partial charge in [0.1, 0.15) is 28.2 Å². The zero-order valence-corrected chi connectivity index (χ0v) is 18.8. The van der Waals surface area contributed by atoms with E-state index in [4.69, 9.17) is 5.73 Å². The third-order valence-electron chi connectivity index (χ3n) is 4.89. The number of amides is 1. The first-order valence-corrected chi connectivity index (χ1v) is 11.5. The van der Waals surface area contributed by atoms with Crippen molar-refractivity contribution in [3.63, 3.8) is 0 Å². The zero-order valence-electron chi connectivity index (χ0n) is 17.2. The van der Waals surface area contributed by atoms with E-state index in [1.54, 1.807) is 31.2 Å². The van der Waals surface area contributed by atoms with Crippen molar-refractivity contribution in [3.05, 3.63) is 34.7 Å². The van der Waals surface area contributed by atoms with Gasteiger partial charge in [-0.15, -0.1) is 11.8 Å². The second-order valence-corrected chi connectivity index (χ2v) is 10.3. The summed E-state index contributed by atoms with van der Waals surface area (Å²) in [7, 11) is -0.593. The number of thioether (sulfide) groups is 1. The fourth-order valence-electron chi connectivity index (χ4n) is 3.34. The summed E-state index contributed by atoms with van der Waals surface area (Å²) in [6.07, 6.45) is 1.04. The van der Waals surface area contributed by atoms with Gasteiger partial charge >= 0.3 is 6.61 Å². The summed E-state index contributed by atoms with van der Waals surface area (Å²) >= 11 is 1.30. The molecule has 0 bridgehead atoms. The van der Waals surface area contributed by atoms with Crippen LogP contribution < -0.4 is 15.8 Å². The number of aryl methyl sites for hydroxylation is 1. The summed E-state index contributed by atoms with van der Waals surface area (Å²) in [4.78, 5) is 22.7. The molecule has 0 fully saturated rings. The van der Waals surface area contributed by atoms with E-state index in [1.807, 2.05) is 0 Å². The van der Waals surface area contributed by atoms with E-state index in [2.05, 4.69) is 20.0 Å². The first-order valence-electron chi connectivity index (χ1n) is 8.97. The van der Waals surface area contributed by atoms with Crippen LogP contribution in [0.1, 0.15) is 23.0 Å². The minimum atomic E-state index is -3.63. The smallest absolute Gasteiger partial charge is 0.387 e. The number of carbonyl (C=O) groups excluding carboxylic acids is 1. The van der Waals surface area contributed by atoms with Gasteiger partial charge in [-0.05, 0) is 25.5 Å². The second kappa shape index (κ2) is 8.15. The van der Waals surface area contributed by atoms with E-state index in [0.717, 1.165) is 10.5 Å². The van der Waals surface area contributed by atoms with E-state index >= 15 is 0 Å². The normalized spacial score (nSPS) is 25.3. The van der Waals surface area contributed by atoms with Gasteiger partial charge in [0.25, 0.3) is 5.91 Å². The number of guanidine groups is 1. The maximum Gasteiger partial charge on any atom is 0.387 e. The largest absolute Gasteiger partial charge is 0.433 e. The van der Waals surface area contributed by atoms with Gasteiger partial charge in [0.2, 0.25) is 16.0 Å². The molecule has 3 rings (SSSR count). The lowest BCUT2D eigenvalue weighted by Crippen LogP contribution is -2.58. The molecule has 0 aliphatic carbocycles. The van der Waals surface area contributed by atoms with Gasteiger partial charge in [0.05, 0.1) is 11.9 Å². The lowest BCUT2D eigenvalue weighted by atomic mass is 10.1. The molecule has 10 nitrogen and oxygen atoms in total. The molecule has 3 heterocycles. The molecule has 1 unspecified atom stereocenters. The Kier molecular flexibility index (Phi) is 6.06. The van der Waals surface area contributed by atoms with Crippen LogP contribution in [-0.4, -0.2) is 71.8 Å². The predicted molar refractivity (Wildman–Crippen MR) is 112 cm³/mol. The van der Waals surface area contributed by atoms with Crippen molar-refractivity contribution in [2.45, 2.75) is 31.4 Å². The second-order valence-electron chi connectivity index (χ2n) is 7.32. The molecule has 14 heteroatoms. The minimum absolute atomic E-state index is 0.0414. The topological polar surface area (TPSA) is 130 Å². The number of likely N-dealkylation sites (N-methyl/N-ethyl adjacent to an activating group) is 1. The van der Waals surface area contributed by atoms with Gasteiger partial charge in [-0.25, -0.2) is 22.7 Å². The minimum Gasteiger partial charge on any atom is -0.433 e.